The largest absolute Gasteiger partial charge is 0.394 e. The minimum absolute atomic E-state index is 0.357. The first-order valence-electron chi connectivity index (χ1n) is 14.9. The van der Waals surface area contributed by atoms with Crippen LogP contribution in [0.2, 0.25) is 0 Å². The number of aliphatic hydroxyl groups is 4. The molecule has 0 aromatic rings. The lowest BCUT2D eigenvalue weighted by Crippen LogP contribution is -2.53. The Bertz CT molecular complexity index is 604. The Kier molecular flexibility index (Phi) is 25.1. The van der Waals surface area contributed by atoms with E-state index in [4.69, 9.17) is 0 Å². The Balaban J connectivity index is 4.03. The van der Waals surface area contributed by atoms with Crippen LogP contribution in [0.4, 0.5) is 0 Å². The van der Waals surface area contributed by atoms with E-state index in [2.05, 4.69) is 55.6 Å². The van der Waals surface area contributed by atoms with Crippen LogP contribution in [-0.4, -0.2) is 57.3 Å². The molecule has 0 aromatic heterocycles. The number of unbranched alkanes of at least 4 members (excludes halogenated alkanes) is 10. The van der Waals surface area contributed by atoms with Crippen molar-refractivity contribution in [3.05, 3.63) is 36.5 Å². The maximum Gasteiger partial charge on any atom is 0.249 e. The molecule has 6 heteroatoms. The summed E-state index contributed by atoms with van der Waals surface area (Å²) >= 11 is 0. The average Bonchev–Trinajstić information content (AvgIpc) is 2.90. The molecule has 0 aromatic carbocycles. The molecule has 0 saturated carbocycles. The summed E-state index contributed by atoms with van der Waals surface area (Å²) in [5.41, 5.74) is 0. The first-order chi connectivity index (χ1) is 18.0. The molecule has 4 atom stereocenters. The highest BCUT2D eigenvalue weighted by atomic mass is 16.3. The Hall–Kier alpha value is -1.47. The van der Waals surface area contributed by atoms with Gasteiger partial charge in [0.2, 0.25) is 5.91 Å². The van der Waals surface area contributed by atoms with Gasteiger partial charge in [0.25, 0.3) is 0 Å². The fourth-order valence-corrected chi connectivity index (χ4v) is 4.15. The Morgan fingerprint density at radius 2 is 1.19 bits per heavy atom. The van der Waals surface area contributed by atoms with Crippen molar-refractivity contribution in [3.63, 3.8) is 0 Å². The summed E-state index contributed by atoms with van der Waals surface area (Å²) < 4.78 is 0. The molecule has 0 fully saturated rings. The third-order valence-electron chi connectivity index (χ3n) is 6.57. The van der Waals surface area contributed by atoms with E-state index in [1.54, 1.807) is 0 Å². The van der Waals surface area contributed by atoms with Gasteiger partial charge in [-0.3, -0.25) is 4.79 Å². The number of carbonyl (C=O) groups is 1. The van der Waals surface area contributed by atoms with Gasteiger partial charge < -0.3 is 25.7 Å². The molecule has 0 heterocycles. The molecule has 6 nitrogen and oxygen atoms in total. The van der Waals surface area contributed by atoms with Crippen molar-refractivity contribution < 1.29 is 25.2 Å². The zero-order chi connectivity index (χ0) is 27.6. The highest BCUT2D eigenvalue weighted by molar-refractivity contribution is 5.80. The highest BCUT2D eigenvalue weighted by Gasteiger charge is 2.28. The van der Waals surface area contributed by atoms with Gasteiger partial charge in [0.05, 0.1) is 18.8 Å². The Morgan fingerprint density at radius 3 is 1.73 bits per heavy atom. The minimum Gasteiger partial charge on any atom is -0.394 e. The zero-order valence-electron chi connectivity index (χ0n) is 23.7. The number of hydrogen-bond donors (Lipinski definition) is 5. The topological polar surface area (TPSA) is 110 Å². The molecule has 37 heavy (non-hydrogen) atoms. The van der Waals surface area contributed by atoms with Gasteiger partial charge in [-0.05, 0) is 57.8 Å². The van der Waals surface area contributed by atoms with Crippen molar-refractivity contribution in [2.45, 2.75) is 147 Å². The van der Waals surface area contributed by atoms with Crippen LogP contribution in [0.3, 0.4) is 0 Å². The summed E-state index contributed by atoms with van der Waals surface area (Å²) in [7, 11) is 0. The predicted molar refractivity (Wildman–Crippen MR) is 154 cm³/mol. The van der Waals surface area contributed by atoms with E-state index in [1.165, 1.54) is 32.1 Å². The number of rotatable bonds is 25. The average molecular weight is 524 g/mol. The SMILES string of the molecule is CC/C=C/CC/C=C/CC/C=C/CCCC(O)C(O)C(CO)NC(=O)C(O)CCCCCCCCCC. The smallest absolute Gasteiger partial charge is 0.249 e. The monoisotopic (exact) mass is 523 g/mol. The van der Waals surface area contributed by atoms with Gasteiger partial charge in [-0.25, -0.2) is 0 Å². The lowest BCUT2D eigenvalue weighted by molar-refractivity contribution is -0.132. The quantitative estimate of drug-likeness (QED) is 0.0757. The molecule has 0 aliphatic heterocycles. The number of nitrogens with one attached hydrogen (secondary N) is 1. The van der Waals surface area contributed by atoms with Crippen LogP contribution >= 0.6 is 0 Å². The molecule has 0 aliphatic rings. The number of aliphatic hydroxyl groups excluding tert-OH is 4. The van der Waals surface area contributed by atoms with Crippen LogP contribution in [0.1, 0.15) is 123 Å². The fourth-order valence-electron chi connectivity index (χ4n) is 4.15. The van der Waals surface area contributed by atoms with E-state index in [0.29, 0.717) is 19.3 Å². The van der Waals surface area contributed by atoms with Crippen molar-refractivity contribution in [2.75, 3.05) is 6.61 Å². The van der Waals surface area contributed by atoms with Crippen LogP contribution < -0.4 is 5.32 Å². The van der Waals surface area contributed by atoms with Crippen molar-refractivity contribution >= 4 is 5.91 Å². The Morgan fingerprint density at radius 1 is 0.676 bits per heavy atom. The van der Waals surface area contributed by atoms with E-state index >= 15 is 0 Å². The van der Waals surface area contributed by atoms with Crippen molar-refractivity contribution in [3.8, 4) is 0 Å². The highest BCUT2D eigenvalue weighted by Crippen LogP contribution is 2.12. The molecule has 216 valence electrons. The first-order valence-corrected chi connectivity index (χ1v) is 14.9. The number of carbonyl (C=O) groups excluding carboxylic acids is 1. The van der Waals surface area contributed by atoms with Crippen LogP contribution in [0.25, 0.3) is 0 Å². The van der Waals surface area contributed by atoms with Crippen LogP contribution in [-0.2, 0) is 4.79 Å². The molecule has 1 amide bonds. The first kappa shape index (κ1) is 35.5. The van der Waals surface area contributed by atoms with Crippen LogP contribution in [0.15, 0.2) is 36.5 Å². The molecular formula is C31H57NO5. The number of hydrogen-bond acceptors (Lipinski definition) is 5. The van der Waals surface area contributed by atoms with Gasteiger partial charge in [-0.1, -0.05) is 102 Å². The Labute approximate surface area is 227 Å². The zero-order valence-corrected chi connectivity index (χ0v) is 23.7. The van der Waals surface area contributed by atoms with E-state index in [-0.39, 0.29) is 0 Å². The third kappa shape index (κ3) is 21.2. The third-order valence-corrected chi connectivity index (χ3v) is 6.57. The number of amides is 1. The molecule has 0 spiro atoms. The minimum atomic E-state index is -1.29. The molecule has 4 unspecified atom stereocenters. The van der Waals surface area contributed by atoms with Gasteiger partial charge in [-0.15, -0.1) is 0 Å². The molecule has 0 saturated heterocycles. The van der Waals surface area contributed by atoms with Gasteiger partial charge in [0, 0.05) is 0 Å². The summed E-state index contributed by atoms with van der Waals surface area (Å²) in [6.07, 6.45) is 26.0. The lowest BCUT2D eigenvalue weighted by Gasteiger charge is -2.27. The molecular weight excluding hydrogens is 466 g/mol. The van der Waals surface area contributed by atoms with Crippen LogP contribution in [0, 0.1) is 0 Å². The molecule has 0 rings (SSSR count). The maximum absolute atomic E-state index is 12.3. The summed E-state index contributed by atoms with van der Waals surface area (Å²) in [5, 5.41) is 43.0. The summed E-state index contributed by atoms with van der Waals surface area (Å²) in [5.74, 6) is -0.609. The summed E-state index contributed by atoms with van der Waals surface area (Å²) in [6.45, 7) is 3.83. The summed E-state index contributed by atoms with van der Waals surface area (Å²) in [6, 6.07) is -1.00. The molecule has 5 N–H and O–H groups in total. The second-order valence-corrected chi connectivity index (χ2v) is 10.0. The van der Waals surface area contributed by atoms with Crippen molar-refractivity contribution in [1.82, 2.24) is 5.32 Å². The maximum atomic E-state index is 12.3. The van der Waals surface area contributed by atoms with Crippen molar-refractivity contribution in [1.29, 1.82) is 0 Å². The standard InChI is InChI=1S/C31H57NO5/c1-3-5-7-9-11-13-14-15-16-17-19-20-22-24-28(34)30(36)27(26-33)32-31(37)29(35)25-23-21-18-12-10-8-6-4-2/h5,7,13-14,17,19,27-30,33-36H,3-4,6,8-12,15-16,18,20-26H2,1-2H3,(H,32,37)/b7-5+,14-13+,19-17+. The number of allylic oxidation sites excluding steroid dienone is 6. The van der Waals surface area contributed by atoms with Gasteiger partial charge in [0.1, 0.15) is 12.2 Å². The fraction of sp³-hybridized carbons (Fsp3) is 0.774. The van der Waals surface area contributed by atoms with Crippen molar-refractivity contribution in [2.24, 2.45) is 0 Å². The lowest BCUT2D eigenvalue weighted by atomic mass is 10.00. The molecule has 0 radical (unpaired) electrons. The van der Waals surface area contributed by atoms with E-state index in [1.807, 2.05) is 0 Å². The molecule has 0 aliphatic carbocycles. The van der Waals surface area contributed by atoms with Gasteiger partial charge in [-0.2, -0.15) is 0 Å². The van der Waals surface area contributed by atoms with E-state index in [9.17, 15) is 25.2 Å². The second-order valence-electron chi connectivity index (χ2n) is 10.0. The molecule has 0 bridgehead atoms. The van der Waals surface area contributed by atoms with E-state index < -0.39 is 36.9 Å². The van der Waals surface area contributed by atoms with Gasteiger partial charge >= 0.3 is 0 Å². The predicted octanol–water partition coefficient (Wildman–Crippen LogP) is 5.89. The van der Waals surface area contributed by atoms with Crippen LogP contribution in [0.5, 0.6) is 0 Å². The summed E-state index contributed by atoms with van der Waals surface area (Å²) in [4.78, 5) is 12.3. The second kappa shape index (κ2) is 26.1. The normalized spacial score (nSPS) is 15.5. The van der Waals surface area contributed by atoms with E-state index in [0.717, 1.165) is 57.8 Å². The van der Waals surface area contributed by atoms with Gasteiger partial charge in [0.15, 0.2) is 0 Å².